The molecule has 6 rings (SSSR count). The molecule has 2 aliphatic heterocycles. The van der Waals surface area contributed by atoms with E-state index in [0.29, 0.717) is 50.2 Å². The van der Waals surface area contributed by atoms with Gasteiger partial charge in [-0.15, -0.1) is 23.7 Å². The van der Waals surface area contributed by atoms with Gasteiger partial charge in [-0.3, -0.25) is 14.4 Å². The highest BCUT2D eigenvalue weighted by Gasteiger charge is 2.54. The molecule has 0 amide bonds. The number of aryl methyl sites for hydroxylation is 2. The fourth-order valence-electron chi connectivity index (χ4n) is 10.7. The third-order valence-corrected chi connectivity index (χ3v) is 27.7. The average molecular weight is 1170 g/mol. The first-order valence-electron chi connectivity index (χ1n) is 30.1. The number of carbonyl (C=O) groups is 4. The SMILES string of the molecule is CC#CC[C@H](C)C(=O)CP(C)(C)=O.CC#CC[C@H](C)C(C)/C=C/[C@@H]1[C@H]2c3cccc(CCCC(=O)OCC)c3O[C@H]2C[C@H]1O[Si](C)(C)C(C)(C)C.CCOC(=O)CCCc1cccc2c1O[C@H]1C[C@@H](O[Si](C)(C)C(C)(C)C)[C@H](C=O)[C@@H]21. The van der Waals surface area contributed by atoms with Crippen LogP contribution >= 0.6 is 7.14 Å². The number of para-hydroxylation sites is 2. The molecule has 450 valence electrons. The molecule has 1 unspecified atom stereocenters. The van der Waals surface area contributed by atoms with Gasteiger partial charge in [-0.2, -0.15) is 0 Å². The molecule has 0 N–H and O–H groups in total. The zero-order valence-electron chi connectivity index (χ0n) is 53.2. The van der Waals surface area contributed by atoms with Gasteiger partial charge < -0.3 is 37.2 Å². The number of hydrogen-bond donors (Lipinski definition) is 0. The maximum absolute atomic E-state index is 12.1. The van der Waals surface area contributed by atoms with Gasteiger partial charge in [0.15, 0.2) is 16.6 Å². The van der Waals surface area contributed by atoms with Crippen molar-refractivity contribution in [3.8, 4) is 35.2 Å². The lowest BCUT2D eigenvalue weighted by Crippen LogP contribution is -2.45. The lowest BCUT2D eigenvalue weighted by Gasteiger charge is -2.40. The molecule has 0 saturated heterocycles. The number of ether oxygens (including phenoxy) is 4. The van der Waals surface area contributed by atoms with E-state index in [1.54, 1.807) is 20.3 Å². The number of benzene rings is 2. The number of allylic oxidation sites excluding steroid dienone is 1. The Morgan fingerprint density at radius 1 is 0.704 bits per heavy atom. The number of ketones is 1. The highest BCUT2D eigenvalue weighted by Crippen LogP contribution is 2.55. The Morgan fingerprint density at radius 2 is 1.14 bits per heavy atom. The van der Waals surface area contributed by atoms with Gasteiger partial charge in [0.25, 0.3) is 0 Å². The minimum atomic E-state index is -2.21. The van der Waals surface area contributed by atoms with Crippen LogP contribution in [0, 0.1) is 53.3 Å². The summed E-state index contributed by atoms with van der Waals surface area (Å²) in [6.45, 7) is 40.7. The normalized spacial score (nSPS) is 22.9. The predicted molar refractivity (Wildman–Crippen MR) is 335 cm³/mol. The van der Waals surface area contributed by atoms with Gasteiger partial charge in [0.1, 0.15) is 35.8 Å². The third kappa shape index (κ3) is 19.4. The number of carbonyl (C=O) groups excluding carboxylic acids is 4. The van der Waals surface area contributed by atoms with Crippen molar-refractivity contribution in [3.63, 3.8) is 0 Å². The highest BCUT2D eigenvalue weighted by molar-refractivity contribution is 7.63. The standard InChI is InChI=1S/C33H50O4Si.C24H36O5Si.C10H17O2P/c1-10-12-15-23(3)24(4)20-21-26-28(37-38(8,9)33(5,6)7)22-29-31(26)27-18-13-16-25(32(27)36-29)17-14-19-30(34)35-11-2;1-7-27-21(26)13-9-11-16-10-8-12-17-22-18(15-25)19(14-20(22)28-23(16)17)29-30(5,6)24(2,3)4;1-5-6-7-9(2)10(11)8-13(3,4)12/h13,16,18,20-21,23-24,26,28-29,31H,11,14-15,17,19,22H2,1-9H3;8,10,12,15,18-20,22H,7,9,11,13-14H2,1-6H3;9H,7-8H2,1-4H3/b21-20+;;/t23-,24?,26-,28+,29-,31-;18-,19+,20-,22+;9-/m000/s1. The molecule has 0 spiro atoms. The van der Waals surface area contributed by atoms with Crippen LogP contribution in [0.25, 0.3) is 0 Å². The Bertz CT molecular complexity index is 2630. The Labute approximate surface area is 491 Å². The van der Waals surface area contributed by atoms with Crippen molar-refractivity contribution in [2.75, 3.05) is 32.7 Å². The van der Waals surface area contributed by atoms with Crippen molar-refractivity contribution in [1.29, 1.82) is 0 Å². The molecule has 11 atom stereocenters. The van der Waals surface area contributed by atoms with Crippen LogP contribution < -0.4 is 9.47 Å². The molecule has 4 aliphatic rings. The monoisotopic (exact) mass is 1170 g/mol. The average Bonchev–Trinajstić information content (AvgIpc) is 4.34. The molecular weight excluding hydrogens is 1070 g/mol. The van der Waals surface area contributed by atoms with Gasteiger partial charge in [0, 0.05) is 73.3 Å². The first-order chi connectivity index (χ1) is 37.8. The van der Waals surface area contributed by atoms with Crippen molar-refractivity contribution in [1.82, 2.24) is 0 Å². The molecule has 2 aromatic rings. The van der Waals surface area contributed by atoms with Crippen LogP contribution in [-0.2, 0) is 54.9 Å². The molecule has 81 heavy (non-hydrogen) atoms. The van der Waals surface area contributed by atoms with E-state index >= 15 is 0 Å². The van der Waals surface area contributed by atoms with Crippen LogP contribution in [0.5, 0.6) is 11.5 Å². The van der Waals surface area contributed by atoms with E-state index < -0.39 is 23.8 Å². The second-order valence-corrected chi connectivity index (χ2v) is 39.5. The van der Waals surface area contributed by atoms with Crippen molar-refractivity contribution in [2.45, 2.75) is 227 Å². The van der Waals surface area contributed by atoms with E-state index in [0.717, 1.165) is 73.9 Å². The lowest BCUT2D eigenvalue weighted by molar-refractivity contribution is -0.144. The summed E-state index contributed by atoms with van der Waals surface area (Å²) in [6, 6.07) is 12.7. The second-order valence-electron chi connectivity index (χ2n) is 26.5. The van der Waals surface area contributed by atoms with Gasteiger partial charge in [-0.05, 0) is 126 Å². The highest BCUT2D eigenvalue weighted by atomic mass is 31.2. The Morgan fingerprint density at radius 3 is 1.54 bits per heavy atom. The molecule has 11 nitrogen and oxygen atoms in total. The van der Waals surface area contributed by atoms with Crippen LogP contribution in [0.1, 0.15) is 175 Å². The third-order valence-electron chi connectivity index (χ3n) is 17.7. The van der Waals surface area contributed by atoms with Crippen molar-refractivity contribution < 1.29 is 51.5 Å². The van der Waals surface area contributed by atoms with E-state index in [1.807, 2.05) is 33.8 Å². The Kier molecular flexibility index (Phi) is 26.1. The topological polar surface area (TPSA) is 141 Å². The van der Waals surface area contributed by atoms with Gasteiger partial charge in [-0.25, -0.2) is 0 Å². The zero-order chi connectivity index (χ0) is 60.7. The van der Waals surface area contributed by atoms with E-state index in [1.165, 1.54) is 11.1 Å². The van der Waals surface area contributed by atoms with Gasteiger partial charge >= 0.3 is 11.9 Å². The summed E-state index contributed by atoms with van der Waals surface area (Å²) in [5, 5.41) is 0.257. The van der Waals surface area contributed by atoms with Crippen molar-refractivity contribution in [2.24, 2.45) is 29.6 Å². The van der Waals surface area contributed by atoms with E-state index in [9.17, 15) is 23.7 Å². The van der Waals surface area contributed by atoms with Gasteiger partial charge in [-0.1, -0.05) is 111 Å². The molecule has 2 aliphatic carbocycles. The van der Waals surface area contributed by atoms with Crippen molar-refractivity contribution in [3.05, 3.63) is 70.8 Å². The maximum Gasteiger partial charge on any atom is 0.305 e. The molecule has 0 bridgehead atoms. The zero-order valence-corrected chi connectivity index (χ0v) is 56.1. The number of esters is 2. The molecule has 14 heteroatoms. The smallest absolute Gasteiger partial charge is 0.305 e. The summed E-state index contributed by atoms with van der Waals surface area (Å²) in [4.78, 5) is 47.0. The first kappa shape index (κ1) is 69.3. The predicted octanol–water partition coefficient (Wildman–Crippen LogP) is 15.3. The quantitative estimate of drug-likeness (QED) is 0.0262. The van der Waals surface area contributed by atoms with Crippen LogP contribution in [0.4, 0.5) is 0 Å². The maximum atomic E-state index is 12.1. The lowest BCUT2D eigenvalue weighted by atomic mass is 9.85. The molecule has 2 heterocycles. The number of hydrogen-bond acceptors (Lipinski definition) is 11. The van der Waals surface area contributed by atoms with Crippen molar-refractivity contribution >= 4 is 47.8 Å². The summed E-state index contributed by atoms with van der Waals surface area (Å²) < 4.78 is 48.3. The van der Waals surface area contributed by atoms with Gasteiger partial charge in [0.2, 0.25) is 0 Å². The fourth-order valence-corrected chi connectivity index (χ4v) is 14.5. The number of rotatable bonds is 23. The second kappa shape index (κ2) is 30.5. The number of fused-ring (bicyclic) bond motifs is 6. The largest absolute Gasteiger partial charge is 0.489 e. The molecular formula is C67H103O11PSi2. The molecule has 0 aromatic heterocycles. The van der Waals surface area contributed by atoms with Crippen LogP contribution in [0.2, 0.25) is 36.3 Å². The fraction of sp³-hybridized carbons (Fsp3) is 0.672. The minimum Gasteiger partial charge on any atom is -0.489 e. The van der Waals surface area contributed by atoms with E-state index in [-0.39, 0.29) is 82.0 Å². The number of aldehydes is 1. The molecule has 0 radical (unpaired) electrons. The van der Waals surface area contributed by atoms with E-state index in [2.05, 4.69) is 148 Å². The molecule has 2 fully saturated rings. The summed E-state index contributed by atoms with van der Waals surface area (Å²) in [5.41, 5.74) is 4.73. The van der Waals surface area contributed by atoms with Crippen LogP contribution in [-0.4, -0.2) is 97.8 Å². The first-order valence-corrected chi connectivity index (χ1v) is 38.7. The minimum absolute atomic E-state index is 0.0174. The van der Waals surface area contributed by atoms with Crippen LogP contribution in [0.3, 0.4) is 0 Å². The summed E-state index contributed by atoms with van der Waals surface area (Å²) in [7, 11) is -6.12. The Hall–Kier alpha value is -4.24. The molecule has 2 saturated carbocycles. The van der Waals surface area contributed by atoms with E-state index in [4.69, 9.17) is 27.8 Å². The van der Waals surface area contributed by atoms with Crippen LogP contribution in [0.15, 0.2) is 48.6 Å². The summed E-state index contributed by atoms with van der Waals surface area (Å²) in [5.74, 6) is 14.9. The number of Topliss-reactive ketones (excluding diaryl/α,β-unsaturated/α-hetero) is 1. The van der Waals surface area contributed by atoms with Gasteiger partial charge in [0.05, 0.1) is 44.6 Å². The molecule has 2 aromatic carbocycles. The summed E-state index contributed by atoms with van der Waals surface area (Å²) in [6.07, 6.45) is 13.4. The summed E-state index contributed by atoms with van der Waals surface area (Å²) >= 11 is 0. The Balaban J connectivity index is 0.000000291.